The highest BCUT2D eigenvalue weighted by atomic mass is 35.5. The number of hydrogen-bond donors (Lipinski definition) is 5. The van der Waals surface area contributed by atoms with Crippen molar-refractivity contribution in [2.24, 2.45) is 16.7 Å². The van der Waals surface area contributed by atoms with E-state index in [2.05, 4.69) is 41.0 Å². The van der Waals surface area contributed by atoms with Gasteiger partial charge in [0.1, 0.15) is 12.2 Å². The van der Waals surface area contributed by atoms with Crippen molar-refractivity contribution in [1.82, 2.24) is 19.5 Å². The lowest BCUT2D eigenvalue weighted by Crippen LogP contribution is -2.40. The van der Waals surface area contributed by atoms with Crippen molar-refractivity contribution < 1.29 is 29.3 Å². The fourth-order valence-electron chi connectivity index (χ4n) is 6.26. The number of ether oxygens (including phenoxy) is 1. The Labute approximate surface area is 202 Å². The van der Waals surface area contributed by atoms with Gasteiger partial charge in [-0.1, -0.05) is 20.8 Å². The molecule has 34 heavy (non-hydrogen) atoms. The molecule has 3 heterocycles. The Hall–Kier alpha value is -1.33. The van der Waals surface area contributed by atoms with Crippen molar-refractivity contribution in [2.75, 3.05) is 11.5 Å². The maximum Gasteiger partial charge on any atom is 0.325 e. The van der Waals surface area contributed by atoms with Crippen molar-refractivity contribution in [1.29, 1.82) is 0 Å². The molecule has 0 aromatic carbocycles. The SMILES string of the molecule is CC1(C)[C@@H]2CC[C@@]1(C)C(Nc1nc(Cl)nc3c1ncn3[C@@H]1O[C@H](CCP(=O)(O)O)C(O)[C@@H]1O)C2. The van der Waals surface area contributed by atoms with E-state index in [0.717, 1.165) is 12.8 Å². The Morgan fingerprint density at radius 3 is 2.62 bits per heavy atom. The van der Waals surface area contributed by atoms with Gasteiger partial charge in [0.2, 0.25) is 5.28 Å². The van der Waals surface area contributed by atoms with Crippen LogP contribution in [-0.4, -0.2) is 70.0 Å². The number of fused-ring (bicyclic) bond motifs is 3. The Bertz CT molecular complexity index is 1160. The van der Waals surface area contributed by atoms with Crippen LogP contribution in [0.5, 0.6) is 0 Å². The quantitative estimate of drug-likeness (QED) is 0.285. The molecule has 5 N–H and O–H groups in total. The summed E-state index contributed by atoms with van der Waals surface area (Å²) in [4.78, 5) is 31.4. The number of halogens is 1. The molecule has 2 aromatic heterocycles. The number of aromatic nitrogens is 4. The van der Waals surface area contributed by atoms with Crippen LogP contribution < -0.4 is 5.32 Å². The molecule has 11 nitrogen and oxygen atoms in total. The molecule has 2 unspecified atom stereocenters. The molecular formula is C21H31ClN5O6P. The summed E-state index contributed by atoms with van der Waals surface area (Å²) in [7, 11) is -4.27. The summed E-state index contributed by atoms with van der Waals surface area (Å²) in [5.74, 6) is 1.14. The predicted molar refractivity (Wildman–Crippen MR) is 124 cm³/mol. The van der Waals surface area contributed by atoms with E-state index in [1.807, 2.05) is 0 Å². The molecule has 2 aliphatic carbocycles. The molecule has 2 saturated carbocycles. The normalized spacial score (nSPS) is 37.1. The number of aliphatic hydroxyl groups is 2. The fraction of sp³-hybridized carbons (Fsp3) is 0.762. The largest absolute Gasteiger partial charge is 0.388 e. The van der Waals surface area contributed by atoms with Crippen molar-refractivity contribution in [3.05, 3.63) is 11.6 Å². The van der Waals surface area contributed by atoms with Crippen molar-refractivity contribution in [3.8, 4) is 0 Å². The Kier molecular flexibility index (Phi) is 5.80. The molecule has 5 rings (SSSR count). The van der Waals surface area contributed by atoms with Crippen LogP contribution in [0.1, 0.15) is 52.7 Å². The maximum atomic E-state index is 11.2. The molecule has 1 aliphatic heterocycles. The smallest absolute Gasteiger partial charge is 0.325 e. The second-order valence-electron chi connectivity index (χ2n) is 10.7. The predicted octanol–water partition coefficient (Wildman–Crippen LogP) is 2.29. The lowest BCUT2D eigenvalue weighted by Gasteiger charge is -2.39. The van der Waals surface area contributed by atoms with Gasteiger partial charge in [0.15, 0.2) is 23.2 Å². The highest BCUT2D eigenvalue weighted by Gasteiger charge is 2.61. The van der Waals surface area contributed by atoms with E-state index in [9.17, 15) is 14.8 Å². The zero-order valence-electron chi connectivity index (χ0n) is 19.3. The third-order valence-electron chi connectivity index (χ3n) is 8.82. The number of aliphatic hydroxyl groups excluding tert-OH is 2. The number of imidazole rings is 1. The number of nitrogens with one attached hydrogen (secondary N) is 1. The molecular weight excluding hydrogens is 485 g/mol. The van der Waals surface area contributed by atoms with Crippen LogP contribution in [0, 0.1) is 16.7 Å². The third kappa shape index (κ3) is 3.77. The van der Waals surface area contributed by atoms with Gasteiger partial charge >= 0.3 is 7.60 Å². The van der Waals surface area contributed by atoms with E-state index in [-0.39, 0.29) is 28.6 Å². The van der Waals surface area contributed by atoms with Crippen LogP contribution in [0.4, 0.5) is 5.82 Å². The Balaban J connectivity index is 1.43. The lowest BCUT2D eigenvalue weighted by molar-refractivity contribution is -0.0355. The van der Waals surface area contributed by atoms with E-state index in [4.69, 9.17) is 26.1 Å². The van der Waals surface area contributed by atoms with Crippen LogP contribution in [0.2, 0.25) is 5.28 Å². The number of anilines is 1. The topological polar surface area (TPSA) is 163 Å². The van der Waals surface area contributed by atoms with E-state index in [1.54, 1.807) is 0 Å². The molecule has 0 radical (unpaired) electrons. The fourth-order valence-corrected chi connectivity index (χ4v) is 7.01. The molecule has 0 spiro atoms. The number of hydrogen-bond acceptors (Lipinski definition) is 8. The summed E-state index contributed by atoms with van der Waals surface area (Å²) < 4.78 is 18.5. The number of nitrogens with zero attached hydrogens (tertiary/aromatic N) is 4. The van der Waals surface area contributed by atoms with Crippen molar-refractivity contribution in [3.63, 3.8) is 0 Å². The van der Waals surface area contributed by atoms with Gasteiger partial charge in [-0.3, -0.25) is 9.13 Å². The van der Waals surface area contributed by atoms with Gasteiger partial charge in [-0.2, -0.15) is 9.97 Å². The van der Waals surface area contributed by atoms with Gasteiger partial charge in [0, 0.05) is 6.04 Å². The van der Waals surface area contributed by atoms with Gasteiger partial charge in [-0.05, 0) is 54.0 Å². The molecule has 2 aromatic rings. The van der Waals surface area contributed by atoms with Crippen LogP contribution in [0.15, 0.2) is 6.33 Å². The monoisotopic (exact) mass is 515 g/mol. The summed E-state index contributed by atoms with van der Waals surface area (Å²) in [6.07, 6.45) is -0.382. The minimum Gasteiger partial charge on any atom is -0.388 e. The molecule has 188 valence electrons. The van der Waals surface area contributed by atoms with Crippen LogP contribution in [-0.2, 0) is 9.30 Å². The molecule has 1 saturated heterocycles. The molecule has 0 amide bonds. The molecule has 3 fully saturated rings. The molecule has 2 bridgehead atoms. The Morgan fingerprint density at radius 1 is 1.26 bits per heavy atom. The third-order valence-corrected chi connectivity index (χ3v) is 9.83. The average molecular weight is 516 g/mol. The average Bonchev–Trinajstić information content (AvgIpc) is 3.39. The van der Waals surface area contributed by atoms with Crippen LogP contribution in [0.25, 0.3) is 11.2 Å². The first-order valence-corrected chi connectivity index (χ1v) is 13.7. The van der Waals surface area contributed by atoms with Gasteiger partial charge in [-0.15, -0.1) is 0 Å². The zero-order valence-corrected chi connectivity index (χ0v) is 20.9. The van der Waals surface area contributed by atoms with Gasteiger partial charge < -0.3 is 30.1 Å². The summed E-state index contributed by atoms with van der Waals surface area (Å²) in [5.41, 5.74) is 1.12. The van der Waals surface area contributed by atoms with Crippen LogP contribution >= 0.6 is 19.2 Å². The van der Waals surface area contributed by atoms with E-state index in [0.29, 0.717) is 22.9 Å². The van der Waals surface area contributed by atoms with Crippen LogP contribution in [0.3, 0.4) is 0 Å². The first-order valence-electron chi connectivity index (χ1n) is 11.5. The second kappa shape index (κ2) is 8.09. The zero-order chi connectivity index (χ0) is 24.6. The van der Waals surface area contributed by atoms with Gasteiger partial charge in [-0.25, -0.2) is 4.98 Å². The summed E-state index contributed by atoms with van der Waals surface area (Å²) in [6.45, 7) is 6.98. The first-order chi connectivity index (χ1) is 15.8. The minimum atomic E-state index is -4.27. The summed E-state index contributed by atoms with van der Waals surface area (Å²) in [5, 5.41) is 24.6. The highest BCUT2D eigenvalue weighted by molar-refractivity contribution is 7.51. The summed E-state index contributed by atoms with van der Waals surface area (Å²) >= 11 is 6.27. The minimum absolute atomic E-state index is 0.00963. The number of rotatable bonds is 6. The standard InChI is InChI=1S/C21H31ClN5O6P/c1-20(2)10-4-6-21(20,3)12(8-10)24-16-13-17(26-19(22)25-16)27(9-23-13)18-15(29)14(28)11(33-18)5-7-34(30,31)32/h9-12,14-15,18,28-29H,4-8H2,1-3H3,(H,24,25,26)(H2,30,31,32)/t10-,11-,12?,14?,15+,18-,21+/m1/s1. The van der Waals surface area contributed by atoms with E-state index < -0.39 is 38.3 Å². The van der Waals surface area contributed by atoms with Gasteiger partial charge in [0.25, 0.3) is 0 Å². The molecule has 7 atom stereocenters. The molecule has 3 aliphatic rings. The maximum absolute atomic E-state index is 11.2. The summed E-state index contributed by atoms with van der Waals surface area (Å²) in [6, 6.07) is 0.202. The first kappa shape index (κ1) is 24.4. The van der Waals surface area contributed by atoms with E-state index >= 15 is 0 Å². The van der Waals surface area contributed by atoms with E-state index in [1.165, 1.54) is 17.3 Å². The van der Waals surface area contributed by atoms with Crippen molar-refractivity contribution in [2.45, 2.75) is 77.0 Å². The molecule has 13 heteroatoms. The lowest BCUT2D eigenvalue weighted by atomic mass is 9.69. The second-order valence-corrected chi connectivity index (χ2v) is 12.8. The van der Waals surface area contributed by atoms with Gasteiger partial charge in [0.05, 0.1) is 18.6 Å². The Morgan fingerprint density at radius 2 is 2.00 bits per heavy atom. The highest BCUT2D eigenvalue weighted by Crippen LogP contribution is 2.66. The van der Waals surface area contributed by atoms with Crippen molar-refractivity contribution >= 4 is 36.2 Å².